The van der Waals surface area contributed by atoms with E-state index in [1.54, 1.807) is 19.1 Å². The Morgan fingerprint density at radius 2 is 1.90 bits per heavy atom. The fraction of sp³-hybridized carbons (Fsp3) is 0.500. The number of hydrogen-bond acceptors (Lipinski definition) is 3. The molecule has 0 heterocycles. The van der Waals surface area contributed by atoms with Crippen molar-refractivity contribution in [1.29, 1.82) is 0 Å². The van der Waals surface area contributed by atoms with Crippen LogP contribution >= 0.6 is 31.9 Å². The Bertz CT molecular complexity index is 439. The highest BCUT2D eigenvalue weighted by Crippen LogP contribution is 2.37. The number of rotatable bonds is 7. The summed E-state index contributed by atoms with van der Waals surface area (Å²) in [5, 5.41) is 0.622. The van der Waals surface area contributed by atoms with Crippen LogP contribution in [0.3, 0.4) is 0 Å². The van der Waals surface area contributed by atoms with Gasteiger partial charge in [-0.25, -0.2) is 0 Å². The van der Waals surface area contributed by atoms with Crippen molar-refractivity contribution in [1.82, 2.24) is 0 Å². The molecule has 0 unspecified atom stereocenters. The van der Waals surface area contributed by atoms with Gasteiger partial charge in [-0.1, -0.05) is 15.9 Å². The second kappa shape index (κ2) is 8.09. The molecule has 20 heavy (non-hydrogen) atoms. The Hall–Kier alpha value is -0.470. The second-order valence-corrected chi connectivity index (χ2v) is 5.11. The van der Waals surface area contributed by atoms with Crippen molar-refractivity contribution in [3.05, 3.63) is 22.2 Å². The molecule has 0 radical (unpaired) electrons. The van der Waals surface area contributed by atoms with Gasteiger partial charge >= 0.3 is 6.18 Å². The summed E-state index contributed by atoms with van der Waals surface area (Å²) in [7, 11) is 0. The molecular formula is C12H13Br2F3O3. The van der Waals surface area contributed by atoms with E-state index in [1.165, 1.54) is 0 Å². The van der Waals surface area contributed by atoms with Crippen LogP contribution < -0.4 is 9.47 Å². The van der Waals surface area contributed by atoms with Crippen molar-refractivity contribution in [2.24, 2.45) is 0 Å². The molecule has 0 fully saturated rings. The summed E-state index contributed by atoms with van der Waals surface area (Å²) >= 11 is 6.62. The van der Waals surface area contributed by atoms with Crippen LogP contribution in [0.5, 0.6) is 11.5 Å². The molecule has 0 aliphatic rings. The summed E-state index contributed by atoms with van der Waals surface area (Å²) in [6, 6.07) is 3.54. The third-order valence-corrected chi connectivity index (χ3v) is 3.31. The number of alkyl halides is 4. The predicted molar refractivity (Wildman–Crippen MR) is 75.4 cm³/mol. The third kappa shape index (κ3) is 5.88. The third-order valence-electron chi connectivity index (χ3n) is 2.08. The zero-order valence-electron chi connectivity index (χ0n) is 10.6. The van der Waals surface area contributed by atoms with Gasteiger partial charge in [-0.2, -0.15) is 13.2 Å². The standard InChI is InChI=1S/C12H13Br2F3O3/c1-2-19-10-4-8(5-13)3-9(14)11(10)20-7-18-6-12(15,16)17/h3-4H,2,5-7H2,1H3. The fourth-order valence-corrected chi connectivity index (χ4v) is 2.29. The molecule has 8 heteroatoms. The Labute approximate surface area is 131 Å². The fourth-order valence-electron chi connectivity index (χ4n) is 1.36. The van der Waals surface area contributed by atoms with Crippen molar-refractivity contribution in [2.75, 3.05) is 20.0 Å². The SMILES string of the molecule is CCOc1cc(CBr)cc(Br)c1OCOCC(F)(F)F. The van der Waals surface area contributed by atoms with Gasteiger partial charge in [0.05, 0.1) is 11.1 Å². The Morgan fingerprint density at radius 3 is 2.45 bits per heavy atom. The molecule has 0 saturated heterocycles. The average molecular weight is 422 g/mol. The van der Waals surface area contributed by atoms with Crippen LogP contribution in [-0.4, -0.2) is 26.2 Å². The number of benzene rings is 1. The number of hydrogen-bond donors (Lipinski definition) is 0. The lowest BCUT2D eigenvalue weighted by Gasteiger charge is -2.15. The van der Waals surface area contributed by atoms with Gasteiger partial charge in [-0.15, -0.1) is 0 Å². The molecule has 0 spiro atoms. The summed E-state index contributed by atoms with van der Waals surface area (Å²) in [4.78, 5) is 0. The topological polar surface area (TPSA) is 27.7 Å². The Kier molecular flexibility index (Phi) is 7.11. The highest BCUT2D eigenvalue weighted by molar-refractivity contribution is 9.10. The summed E-state index contributed by atoms with van der Waals surface area (Å²) in [6.45, 7) is 0.358. The van der Waals surface area contributed by atoms with Gasteiger partial charge in [0.25, 0.3) is 0 Å². The van der Waals surface area contributed by atoms with Crippen LogP contribution in [0, 0.1) is 0 Å². The van der Waals surface area contributed by atoms with E-state index in [9.17, 15) is 13.2 Å². The first-order valence-corrected chi connectivity index (χ1v) is 7.57. The Morgan fingerprint density at radius 1 is 1.20 bits per heavy atom. The number of ether oxygens (including phenoxy) is 3. The first kappa shape index (κ1) is 17.6. The summed E-state index contributed by atoms with van der Waals surface area (Å²) in [5.41, 5.74) is 0.948. The van der Waals surface area contributed by atoms with Gasteiger partial charge in [-0.05, 0) is 40.5 Å². The molecule has 114 valence electrons. The molecule has 0 aliphatic carbocycles. The molecule has 0 aromatic heterocycles. The second-order valence-electron chi connectivity index (χ2n) is 3.70. The monoisotopic (exact) mass is 420 g/mol. The van der Waals surface area contributed by atoms with E-state index in [-0.39, 0.29) is 0 Å². The minimum absolute atomic E-state index is 0.318. The minimum Gasteiger partial charge on any atom is -0.490 e. The van der Waals surface area contributed by atoms with E-state index in [0.29, 0.717) is 27.9 Å². The van der Waals surface area contributed by atoms with Crippen molar-refractivity contribution in [3.8, 4) is 11.5 Å². The highest BCUT2D eigenvalue weighted by atomic mass is 79.9. The van der Waals surface area contributed by atoms with Crippen LogP contribution in [-0.2, 0) is 10.1 Å². The predicted octanol–water partition coefficient (Wildman–Crippen LogP) is 4.66. The minimum atomic E-state index is -4.37. The van der Waals surface area contributed by atoms with Crippen molar-refractivity contribution in [3.63, 3.8) is 0 Å². The maximum atomic E-state index is 11.9. The molecule has 1 aromatic carbocycles. The smallest absolute Gasteiger partial charge is 0.411 e. The van der Waals surface area contributed by atoms with E-state index in [4.69, 9.17) is 9.47 Å². The lowest BCUT2D eigenvalue weighted by atomic mass is 10.2. The molecule has 0 amide bonds. The lowest BCUT2D eigenvalue weighted by molar-refractivity contribution is -0.186. The maximum absolute atomic E-state index is 11.9. The van der Waals surface area contributed by atoms with Gasteiger partial charge in [0.2, 0.25) is 0 Å². The lowest BCUT2D eigenvalue weighted by Crippen LogP contribution is -2.19. The molecule has 0 bridgehead atoms. The van der Waals surface area contributed by atoms with Crippen molar-refractivity contribution < 1.29 is 27.4 Å². The van der Waals surface area contributed by atoms with Gasteiger partial charge in [0.15, 0.2) is 18.3 Å². The summed E-state index contributed by atoms with van der Waals surface area (Å²) < 4.78 is 51.4. The molecule has 0 atom stereocenters. The highest BCUT2D eigenvalue weighted by Gasteiger charge is 2.27. The summed E-state index contributed by atoms with van der Waals surface area (Å²) in [5.74, 6) is 0.769. The van der Waals surface area contributed by atoms with Crippen molar-refractivity contribution in [2.45, 2.75) is 18.4 Å². The molecule has 1 aromatic rings. The van der Waals surface area contributed by atoms with Crippen molar-refractivity contribution >= 4 is 31.9 Å². The van der Waals surface area contributed by atoms with E-state index < -0.39 is 19.6 Å². The van der Waals surface area contributed by atoms with Crippen LogP contribution in [0.4, 0.5) is 13.2 Å². The zero-order chi connectivity index (χ0) is 15.2. The van der Waals surface area contributed by atoms with Crippen LogP contribution in [0.15, 0.2) is 16.6 Å². The zero-order valence-corrected chi connectivity index (χ0v) is 13.8. The molecule has 0 aliphatic heterocycles. The van der Waals surface area contributed by atoms with E-state index >= 15 is 0 Å². The number of halogens is 5. The molecule has 1 rings (SSSR count). The summed E-state index contributed by atoms with van der Waals surface area (Å²) in [6.07, 6.45) is -4.37. The first-order chi connectivity index (χ1) is 9.37. The Balaban J connectivity index is 2.72. The van der Waals surface area contributed by atoms with Crippen LogP contribution in [0.25, 0.3) is 0 Å². The van der Waals surface area contributed by atoms with E-state index in [2.05, 4.69) is 36.6 Å². The average Bonchev–Trinajstić information content (AvgIpc) is 2.35. The molecule has 0 N–H and O–H groups in total. The van der Waals surface area contributed by atoms with Gasteiger partial charge in [-0.3, -0.25) is 0 Å². The molecule has 3 nitrogen and oxygen atoms in total. The van der Waals surface area contributed by atoms with Gasteiger partial charge < -0.3 is 14.2 Å². The molecular weight excluding hydrogens is 409 g/mol. The quantitative estimate of drug-likeness (QED) is 0.364. The van der Waals surface area contributed by atoms with Gasteiger partial charge in [0.1, 0.15) is 6.61 Å². The van der Waals surface area contributed by atoms with E-state index in [0.717, 1.165) is 5.56 Å². The van der Waals surface area contributed by atoms with E-state index in [1.807, 2.05) is 0 Å². The largest absolute Gasteiger partial charge is 0.490 e. The normalized spacial score (nSPS) is 11.5. The van der Waals surface area contributed by atoms with Gasteiger partial charge in [0, 0.05) is 5.33 Å². The maximum Gasteiger partial charge on any atom is 0.411 e. The molecule has 0 saturated carbocycles. The first-order valence-electron chi connectivity index (χ1n) is 5.66. The van der Waals surface area contributed by atoms with Crippen LogP contribution in [0.2, 0.25) is 0 Å². The van der Waals surface area contributed by atoms with Crippen LogP contribution in [0.1, 0.15) is 12.5 Å².